The normalized spacial score (nSPS) is 28.0. The maximum atomic E-state index is 12.8. The Morgan fingerprint density at radius 1 is 1.64 bits per heavy atom. The molecule has 1 fully saturated rings. The Balaban J connectivity index is 2.38. The molecule has 0 spiro atoms. The second kappa shape index (κ2) is 4.02. The summed E-state index contributed by atoms with van der Waals surface area (Å²) in [6, 6.07) is 0. The van der Waals surface area contributed by atoms with Crippen molar-refractivity contribution >= 4 is 16.8 Å². The van der Waals surface area contributed by atoms with E-state index >= 15 is 0 Å². The molecule has 0 N–H and O–H groups in total. The van der Waals surface area contributed by atoms with Gasteiger partial charge in [-0.25, -0.2) is 4.39 Å². The molecule has 0 aromatic heterocycles. The highest BCUT2D eigenvalue weighted by molar-refractivity contribution is 6.64. The van der Waals surface area contributed by atoms with Crippen molar-refractivity contribution in [2.45, 2.75) is 31.5 Å². The van der Waals surface area contributed by atoms with Crippen LogP contribution in [0.5, 0.6) is 0 Å². The molecule has 2 atom stereocenters. The highest BCUT2D eigenvalue weighted by Gasteiger charge is 2.28. The lowest BCUT2D eigenvalue weighted by atomic mass is 10.1. The van der Waals surface area contributed by atoms with E-state index in [1.165, 1.54) is 0 Å². The number of carbonyl (C=O) groups is 1. The zero-order valence-electron chi connectivity index (χ0n) is 6.06. The summed E-state index contributed by atoms with van der Waals surface area (Å²) in [5.74, 6) is 0. The van der Waals surface area contributed by atoms with E-state index in [4.69, 9.17) is 16.3 Å². The van der Waals surface area contributed by atoms with E-state index in [1.807, 2.05) is 0 Å². The van der Waals surface area contributed by atoms with Crippen LogP contribution < -0.4 is 0 Å². The Hall–Kier alpha value is -0.150. The fourth-order valence-electron chi connectivity index (χ4n) is 1.14. The standard InChI is InChI=1S/C7H10ClFO2/c8-7(10)6(9)5-3-1-2-4-11-5/h5-6H,1-4H2. The van der Waals surface area contributed by atoms with Gasteiger partial charge in [0.1, 0.15) is 0 Å². The van der Waals surface area contributed by atoms with Gasteiger partial charge in [-0.05, 0) is 30.9 Å². The monoisotopic (exact) mass is 180 g/mol. The van der Waals surface area contributed by atoms with Crippen molar-refractivity contribution in [3.05, 3.63) is 0 Å². The minimum absolute atomic E-state index is 0.537. The predicted octanol–water partition coefficient (Wildman–Crippen LogP) is 1.66. The molecule has 0 saturated carbocycles. The van der Waals surface area contributed by atoms with Gasteiger partial charge in [-0.2, -0.15) is 0 Å². The van der Waals surface area contributed by atoms with Gasteiger partial charge in [0, 0.05) is 6.61 Å². The molecule has 11 heavy (non-hydrogen) atoms. The van der Waals surface area contributed by atoms with E-state index in [2.05, 4.69) is 0 Å². The third kappa shape index (κ3) is 2.42. The lowest BCUT2D eigenvalue weighted by Gasteiger charge is -2.23. The van der Waals surface area contributed by atoms with Crippen molar-refractivity contribution in [3.8, 4) is 0 Å². The number of ether oxygens (including phenoxy) is 1. The summed E-state index contributed by atoms with van der Waals surface area (Å²) >= 11 is 4.97. The molecule has 1 aliphatic rings. The highest BCUT2D eigenvalue weighted by Crippen LogP contribution is 2.19. The molecular formula is C7H10ClFO2. The van der Waals surface area contributed by atoms with Crippen molar-refractivity contribution < 1.29 is 13.9 Å². The average molecular weight is 181 g/mol. The summed E-state index contributed by atoms with van der Waals surface area (Å²) in [5, 5.41) is -0.947. The van der Waals surface area contributed by atoms with Gasteiger partial charge >= 0.3 is 0 Å². The van der Waals surface area contributed by atoms with E-state index in [0.717, 1.165) is 12.8 Å². The van der Waals surface area contributed by atoms with E-state index < -0.39 is 17.5 Å². The molecule has 1 saturated heterocycles. The Labute approximate surface area is 69.7 Å². The summed E-state index contributed by atoms with van der Waals surface area (Å²) < 4.78 is 17.8. The van der Waals surface area contributed by atoms with Gasteiger partial charge in [-0.15, -0.1) is 0 Å². The van der Waals surface area contributed by atoms with Crippen LogP contribution in [0.2, 0.25) is 0 Å². The van der Waals surface area contributed by atoms with Crippen LogP contribution >= 0.6 is 11.6 Å². The first-order valence-electron chi connectivity index (χ1n) is 3.67. The molecule has 1 aliphatic heterocycles. The fraction of sp³-hybridized carbons (Fsp3) is 0.857. The van der Waals surface area contributed by atoms with E-state index in [9.17, 15) is 9.18 Å². The smallest absolute Gasteiger partial charge is 0.258 e. The van der Waals surface area contributed by atoms with Crippen molar-refractivity contribution in [1.82, 2.24) is 0 Å². The summed E-state index contributed by atoms with van der Waals surface area (Å²) in [5.41, 5.74) is 0. The maximum Gasteiger partial charge on any atom is 0.258 e. The zero-order chi connectivity index (χ0) is 8.27. The zero-order valence-corrected chi connectivity index (χ0v) is 6.81. The van der Waals surface area contributed by atoms with Crippen LogP contribution in [-0.2, 0) is 9.53 Å². The van der Waals surface area contributed by atoms with Crippen molar-refractivity contribution in [2.75, 3.05) is 6.61 Å². The third-order valence-electron chi connectivity index (χ3n) is 1.76. The first-order valence-corrected chi connectivity index (χ1v) is 4.04. The molecule has 1 rings (SSSR count). The quantitative estimate of drug-likeness (QED) is 0.605. The van der Waals surface area contributed by atoms with Crippen molar-refractivity contribution in [2.24, 2.45) is 0 Å². The summed E-state index contributed by atoms with van der Waals surface area (Å²) in [6.45, 7) is 0.537. The molecule has 0 amide bonds. The lowest BCUT2D eigenvalue weighted by Crippen LogP contribution is -2.32. The van der Waals surface area contributed by atoms with Crippen LogP contribution in [0.15, 0.2) is 0 Å². The third-order valence-corrected chi connectivity index (χ3v) is 1.97. The van der Waals surface area contributed by atoms with Gasteiger partial charge in [-0.3, -0.25) is 4.79 Å². The number of carbonyl (C=O) groups excluding carboxylic acids is 1. The number of halogens is 2. The molecule has 2 unspecified atom stereocenters. The highest BCUT2D eigenvalue weighted by atomic mass is 35.5. The van der Waals surface area contributed by atoms with Crippen LogP contribution in [-0.4, -0.2) is 24.1 Å². The molecule has 2 nitrogen and oxygen atoms in total. The van der Waals surface area contributed by atoms with Crippen LogP contribution in [0.1, 0.15) is 19.3 Å². The topological polar surface area (TPSA) is 26.3 Å². The Morgan fingerprint density at radius 2 is 2.36 bits per heavy atom. The number of hydrogen-bond acceptors (Lipinski definition) is 2. The van der Waals surface area contributed by atoms with Crippen LogP contribution in [0.3, 0.4) is 0 Å². The van der Waals surface area contributed by atoms with E-state index in [1.54, 1.807) is 0 Å². The molecule has 4 heteroatoms. The van der Waals surface area contributed by atoms with E-state index in [0.29, 0.717) is 13.0 Å². The van der Waals surface area contributed by atoms with E-state index in [-0.39, 0.29) is 0 Å². The maximum absolute atomic E-state index is 12.8. The number of hydrogen-bond donors (Lipinski definition) is 0. The summed E-state index contributed by atoms with van der Waals surface area (Å²) in [4.78, 5) is 10.4. The molecule has 1 heterocycles. The molecule has 64 valence electrons. The van der Waals surface area contributed by atoms with Crippen LogP contribution in [0, 0.1) is 0 Å². The Kier molecular flexibility index (Phi) is 3.27. The Bertz CT molecular complexity index is 145. The molecule has 0 radical (unpaired) electrons. The van der Waals surface area contributed by atoms with Crippen molar-refractivity contribution in [1.29, 1.82) is 0 Å². The summed E-state index contributed by atoms with van der Waals surface area (Å²) in [6.07, 6.45) is 0.208. The number of alkyl halides is 1. The molecule has 0 aromatic carbocycles. The minimum atomic E-state index is -1.64. The Morgan fingerprint density at radius 3 is 2.82 bits per heavy atom. The minimum Gasteiger partial charge on any atom is -0.375 e. The fourth-order valence-corrected chi connectivity index (χ4v) is 1.28. The van der Waals surface area contributed by atoms with Gasteiger partial charge in [0.25, 0.3) is 5.24 Å². The van der Waals surface area contributed by atoms with Gasteiger partial charge in [0.05, 0.1) is 6.10 Å². The first-order chi connectivity index (χ1) is 5.22. The van der Waals surface area contributed by atoms with Gasteiger partial charge < -0.3 is 4.74 Å². The van der Waals surface area contributed by atoms with Crippen LogP contribution in [0.25, 0.3) is 0 Å². The molecular weight excluding hydrogens is 171 g/mol. The second-order valence-electron chi connectivity index (χ2n) is 2.61. The van der Waals surface area contributed by atoms with Crippen molar-refractivity contribution in [3.63, 3.8) is 0 Å². The second-order valence-corrected chi connectivity index (χ2v) is 2.98. The van der Waals surface area contributed by atoms with Gasteiger partial charge in [0.15, 0.2) is 6.17 Å². The van der Waals surface area contributed by atoms with Gasteiger partial charge in [0.2, 0.25) is 0 Å². The largest absolute Gasteiger partial charge is 0.375 e. The molecule has 0 aliphatic carbocycles. The first kappa shape index (κ1) is 8.94. The SMILES string of the molecule is O=C(Cl)C(F)C1CCCCO1. The lowest BCUT2D eigenvalue weighted by molar-refractivity contribution is -0.123. The average Bonchev–Trinajstić information content (AvgIpc) is 2.05. The summed E-state index contributed by atoms with van der Waals surface area (Å²) in [7, 11) is 0. The molecule has 0 bridgehead atoms. The number of rotatable bonds is 2. The van der Waals surface area contributed by atoms with Crippen LogP contribution in [0.4, 0.5) is 4.39 Å². The van der Waals surface area contributed by atoms with Gasteiger partial charge in [-0.1, -0.05) is 0 Å². The predicted molar refractivity (Wildman–Crippen MR) is 39.3 cm³/mol. The molecule has 0 aromatic rings.